The van der Waals surface area contributed by atoms with Gasteiger partial charge in [-0.3, -0.25) is 0 Å². The summed E-state index contributed by atoms with van der Waals surface area (Å²) in [5.41, 5.74) is -0.207. The molecule has 0 aromatic heterocycles. The molecule has 76 valence electrons. The highest BCUT2D eigenvalue weighted by atomic mass is 32.2. The smallest absolute Gasteiger partial charge is 0.0995 e. The van der Waals surface area contributed by atoms with Gasteiger partial charge in [-0.2, -0.15) is 0 Å². The molecule has 0 fully saturated rings. The molecule has 0 aromatic carbocycles. The lowest BCUT2D eigenvalue weighted by atomic mass is 10.1. The van der Waals surface area contributed by atoms with E-state index in [0.29, 0.717) is 0 Å². The van der Waals surface area contributed by atoms with Crippen molar-refractivity contribution in [1.82, 2.24) is 0 Å². The number of thioether (sulfide) groups is 1. The van der Waals surface area contributed by atoms with E-state index in [1.165, 1.54) is 12.8 Å². The molecule has 0 aromatic rings. The van der Waals surface area contributed by atoms with E-state index in [0.717, 1.165) is 25.0 Å². The van der Waals surface area contributed by atoms with E-state index in [-0.39, 0.29) is 5.44 Å². The fraction of sp³-hybridized carbons (Fsp3) is 0.636. The van der Waals surface area contributed by atoms with Crippen molar-refractivity contribution in [2.75, 3.05) is 5.75 Å². The molecule has 0 spiro atoms. The van der Waals surface area contributed by atoms with Gasteiger partial charge in [-0.1, -0.05) is 18.6 Å². The molecule has 0 aliphatic heterocycles. The normalized spacial score (nSPS) is 12.4. The maximum Gasteiger partial charge on any atom is 0.0995 e. The van der Waals surface area contributed by atoms with Crippen molar-refractivity contribution in [2.24, 2.45) is 0 Å². The summed E-state index contributed by atoms with van der Waals surface area (Å²) in [4.78, 5) is 0. The molecule has 0 rings (SSSR count). The summed E-state index contributed by atoms with van der Waals surface area (Å²) in [7, 11) is 0. The highest BCUT2D eigenvalue weighted by Crippen LogP contribution is 2.15. The average Bonchev–Trinajstić information content (AvgIpc) is 2.14. The fourth-order valence-electron chi connectivity index (χ4n) is 1.05. The molecule has 1 N–H and O–H groups in total. The first kappa shape index (κ1) is 12.8. The van der Waals surface area contributed by atoms with Gasteiger partial charge in [0.25, 0.3) is 0 Å². The Bertz CT molecular complexity index is 134. The van der Waals surface area contributed by atoms with Crippen LogP contribution in [0.4, 0.5) is 0 Å². The number of hydrogen-bond acceptors (Lipinski definition) is 2. The van der Waals surface area contributed by atoms with Crippen LogP contribution in [0.3, 0.4) is 0 Å². The highest BCUT2D eigenvalue weighted by Gasteiger charge is 2.01. The molecule has 0 heterocycles. The maximum atomic E-state index is 9.43. The van der Waals surface area contributed by atoms with Crippen molar-refractivity contribution in [3.63, 3.8) is 0 Å². The van der Waals surface area contributed by atoms with Crippen molar-refractivity contribution in [3.8, 4) is 0 Å². The van der Waals surface area contributed by atoms with Crippen LogP contribution in [0, 0.1) is 0 Å². The number of aliphatic hydroxyl groups is 1. The SMILES string of the molecule is C=CCCCCCC(O)SCC=C. The predicted molar refractivity (Wildman–Crippen MR) is 61.9 cm³/mol. The zero-order valence-electron chi connectivity index (χ0n) is 8.24. The minimum Gasteiger partial charge on any atom is -0.382 e. The first-order valence-electron chi connectivity index (χ1n) is 4.82. The zero-order chi connectivity index (χ0) is 9.94. The molecular formula is C11H20OS. The monoisotopic (exact) mass is 200 g/mol. The first-order valence-corrected chi connectivity index (χ1v) is 5.87. The predicted octanol–water partition coefficient (Wildman–Crippen LogP) is 3.36. The molecule has 0 aliphatic rings. The molecule has 0 bridgehead atoms. The van der Waals surface area contributed by atoms with E-state index in [9.17, 15) is 5.11 Å². The summed E-state index contributed by atoms with van der Waals surface area (Å²) in [6.07, 6.45) is 9.26. The minimum absolute atomic E-state index is 0.207. The van der Waals surface area contributed by atoms with Gasteiger partial charge in [0.15, 0.2) is 0 Å². The van der Waals surface area contributed by atoms with Crippen LogP contribution in [0.2, 0.25) is 0 Å². The van der Waals surface area contributed by atoms with Gasteiger partial charge in [-0.15, -0.1) is 24.9 Å². The molecule has 1 unspecified atom stereocenters. The largest absolute Gasteiger partial charge is 0.382 e. The van der Waals surface area contributed by atoms with Gasteiger partial charge in [-0.25, -0.2) is 0 Å². The molecule has 1 atom stereocenters. The van der Waals surface area contributed by atoms with E-state index in [1.807, 2.05) is 12.2 Å². The van der Waals surface area contributed by atoms with E-state index in [1.54, 1.807) is 11.8 Å². The van der Waals surface area contributed by atoms with E-state index in [2.05, 4.69) is 13.2 Å². The third-order valence-corrected chi connectivity index (χ3v) is 2.81. The van der Waals surface area contributed by atoms with Crippen LogP contribution < -0.4 is 0 Å². The third kappa shape index (κ3) is 9.71. The molecule has 13 heavy (non-hydrogen) atoms. The second kappa shape index (κ2) is 9.87. The molecular weight excluding hydrogens is 180 g/mol. The van der Waals surface area contributed by atoms with Crippen molar-refractivity contribution >= 4 is 11.8 Å². The summed E-state index contributed by atoms with van der Waals surface area (Å²) in [5.74, 6) is 0.841. The zero-order valence-corrected chi connectivity index (χ0v) is 9.06. The van der Waals surface area contributed by atoms with Gasteiger partial charge in [0, 0.05) is 5.75 Å². The molecule has 0 radical (unpaired) electrons. The molecule has 0 aliphatic carbocycles. The summed E-state index contributed by atoms with van der Waals surface area (Å²) < 4.78 is 0. The number of aliphatic hydroxyl groups excluding tert-OH is 1. The Hall–Kier alpha value is -0.210. The Balaban J connectivity index is 3.11. The summed E-state index contributed by atoms with van der Waals surface area (Å²) in [5, 5.41) is 9.43. The Morgan fingerprint density at radius 1 is 1.15 bits per heavy atom. The second-order valence-electron chi connectivity index (χ2n) is 3.00. The van der Waals surface area contributed by atoms with Gasteiger partial charge in [0.2, 0.25) is 0 Å². The number of hydrogen-bond donors (Lipinski definition) is 1. The maximum absolute atomic E-state index is 9.43. The Labute approximate surface area is 85.9 Å². The summed E-state index contributed by atoms with van der Waals surface area (Å²) in [6.45, 7) is 7.28. The van der Waals surface area contributed by atoms with Crippen LogP contribution in [0.15, 0.2) is 25.3 Å². The summed E-state index contributed by atoms with van der Waals surface area (Å²) in [6, 6.07) is 0. The average molecular weight is 200 g/mol. The third-order valence-electron chi connectivity index (χ3n) is 1.77. The van der Waals surface area contributed by atoms with E-state index >= 15 is 0 Å². The van der Waals surface area contributed by atoms with Gasteiger partial charge >= 0.3 is 0 Å². The van der Waals surface area contributed by atoms with Crippen molar-refractivity contribution in [2.45, 2.75) is 37.5 Å². The van der Waals surface area contributed by atoms with Crippen LogP contribution in [0.25, 0.3) is 0 Å². The second-order valence-corrected chi connectivity index (χ2v) is 4.21. The molecule has 0 amide bonds. The first-order chi connectivity index (χ1) is 6.31. The molecule has 0 saturated carbocycles. The molecule has 2 heteroatoms. The van der Waals surface area contributed by atoms with Crippen molar-refractivity contribution in [3.05, 3.63) is 25.3 Å². The summed E-state index contributed by atoms with van der Waals surface area (Å²) >= 11 is 1.56. The quantitative estimate of drug-likeness (QED) is 0.350. The van der Waals surface area contributed by atoms with Gasteiger partial charge in [0.05, 0.1) is 5.44 Å². The fourth-order valence-corrected chi connectivity index (χ4v) is 1.74. The van der Waals surface area contributed by atoms with E-state index in [4.69, 9.17) is 0 Å². The van der Waals surface area contributed by atoms with Crippen molar-refractivity contribution < 1.29 is 5.11 Å². The number of rotatable bonds is 9. The van der Waals surface area contributed by atoms with Crippen LogP contribution in [0.5, 0.6) is 0 Å². The van der Waals surface area contributed by atoms with E-state index < -0.39 is 0 Å². The Morgan fingerprint density at radius 2 is 1.92 bits per heavy atom. The van der Waals surface area contributed by atoms with Crippen LogP contribution in [0.1, 0.15) is 32.1 Å². The standard InChI is InChI=1S/C11H20OS/c1-3-5-6-7-8-9-11(12)13-10-4-2/h3-4,11-12H,1-2,5-10H2. The Kier molecular flexibility index (Phi) is 9.72. The molecule has 1 nitrogen and oxygen atoms in total. The van der Waals surface area contributed by atoms with Crippen molar-refractivity contribution in [1.29, 1.82) is 0 Å². The van der Waals surface area contributed by atoms with Crippen LogP contribution in [-0.2, 0) is 0 Å². The Morgan fingerprint density at radius 3 is 2.54 bits per heavy atom. The number of unbranched alkanes of at least 4 members (excludes halogenated alkanes) is 3. The molecule has 0 saturated heterocycles. The minimum atomic E-state index is -0.207. The van der Waals surface area contributed by atoms with Gasteiger partial charge in [-0.05, 0) is 25.7 Å². The van der Waals surface area contributed by atoms with Crippen LogP contribution in [-0.4, -0.2) is 16.3 Å². The lowest BCUT2D eigenvalue weighted by molar-refractivity contribution is 0.248. The lowest BCUT2D eigenvalue weighted by Gasteiger charge is -2.07. The highest BCUT2D eigenvalue weighted by molar-refractivity contribution is 7.99. The number of allylic oxidation sites excluding steroid dienone is 1. The van der Waals surface area contributed by atoms with Gasteiger partial charge in [0.1, 0.15) is 0 Å². The lowest BCUT2D eigenvalue weighted by Crippen LogP contribution is -2.00. The van der Waals surface area contributed by atoms with Gasteiger partial charge < -0.3 is 5.11 Å². The van der Waals surface area contributed by atoms with Crippen LogP contribution >= 0.6 is 11.8 Å². The topological polar surface area (TPSA) is 20.2 Å².